The van der Waals surface area contributed by atoms with E-state index < -0.39 is 0 Å². The smallest absolute Gasteiger partial charge is 0.126 e. The van der Waals surface area contributed by atoms with Gasteiger partial charge in [0.05, 0.1) is 0 Å². The molecule has 0 atom stereocenters. The van der Waals surface area contributed by atoms with Crippen LogP contribution in [0.2, 0.25) is 0 Å². The fraction of sp³-hybridized carbons (Fsp3) is 0.200. The van der Waals surface area contributed by atoms with Crippen LogP contribution in [0.3, 0.4) is 0 Å². The molecule has 1 nitrogen and oxygen atoms in total. The molecule has 0 aliphatic carbocycles. The molecule has 0 amide bonds. The zero-order valence-electron chi connectivity index (χ0n) is 3.09. The Labute approximate surface area is 47.2 Å². The van der Waals surface area contributed by atoms with Crippen molar-refractivity contribution in [1.82, 2.24) is 0 Å². The third-order valence-electron chi connectivity index (χ3n) is 0.506. The van der Waals surface area contributed by atoms with Gasteiger partial charge < -0.3 is 5.11 Å². The van der Waals surface area contributed by atoms with Crippen LogP contribution in [0.1, 0.15) is 7.43 Å². The van der Waals surface area contributed by atoms with Crippen LogP contribution < -0.4 is 0 Å². The van der Waals surface area contributed by atoms with Gasteiger partial charge in [0.2, 0.25) is 0 Å². The Hall–Kier alpha value is -0.500. The molecule has 0 radical (unpaired) electrons. The fourth-order valence-electron chi connectivity index (χ4n) is 0.257. The van der Waals surface area contributed by atoms with Crippen molar-refractivity contribution in [3.63, 3.8) is 0 Å². The van der Waals surface area contributed by atoms with Crippen molar-refractivity contribution in [3.05, 3.63) is 16.8 Å². The summed E-state index contributed by atoms with van der Waals surface area (Å²) < 4.78 is 0. The van der Waals surface area contributed by atoms with E-state index in [9.17, 15) is 0 Å². The average Bonchev–Trinajstić information content (AvgIpc) is 1.86. The van der Waals surface area contributed by atoms with Crippen molar-refractivity contribution in [2.24, 2.45) is 0 Å². The van der Waals surface area contributed by atoms with Crippen LogP contribution in [0.15, 0.2) is 16.8 Å². The van der Waals surface area contributed by atoms with Gasteiger partial charge in [0.25, 0.3) is 0 Å². The van der Waals surface area contributed by atoms with E-state index in [1.807, 2.05) is 5.38 Å². The molecule has 40 valence electrons. The Bertz CT molecular complexity index is 112. The lowest BCUT2D eigenvalue weighted by Gasteiger charge is -1.67. The summed E-state index contributed by atoms with van der Waals surface area (Å²) in [5, 5.41) is 12.0. The van der Waals surface area contributed by atoms with Crippen LogP contribution in [0.25, 0.3) is 0 Å². The largest absolute Gasteiger partial charge is 0.507 e. The third-order valence-corrected chi connectivity index (χ3v) is 1.18. The quantitative estimate of drug-likeness (QED) is 0.550. The van der Waals surface area contributed by atoms with Gasteiger partial charge in [-0.1, -0.05) is 7.43 Å². The Balaban J connectivity index is 0.000000360. The minimum absolute atomic E-state index is 0. The third kappa shape index (κ3) is 1.59. The average molecular weight is 116 g/mol. The van der Waals surface area contributed by atoms with E-state index >= 15 is 0 Å². The minimum Gasteiger partial charge on any atom is -0.507 e. The fourth-order valence-corrected chi connectivity index (χ4v) is 0.772. The molecule has 7 heavy (non-hydrogen) atoms. The molecule has 0 spiro atoms. The summed E-state index contributed by atoms with van der Waals surface area (Å²) in [5.41, 5.74) is 0. The van der Waals surface area contributed by atoms with Gasteiger partial charge in [-0.25, -0.2) is 0 Å². The lowest BCUT2D eigenvalue weighted by molar-refractivity contribution is 0.478. The number of aromatic hydroxyl groups is 1. The van der Waals surface area contributed by atoms with Gasteiger partial charge in [0.15, 0.2) is 0 Å². The molecule has 1 N–H and O–H groups in total. The highest BCUT2D eigenvalue weighted by atomic mass is 32.1. The Morgan fingerprint density at radius 3 is 2.43 bits per heavy atom. The van der Waals surface area contributed by atoms with Crippen molar-refractivity contribution in [2.75, 3.05) is 0 Å². The molecule has 1 aromatic rings. The first-order valence-electron chi connectivity index (χ1n) is 1.61. The Morgan fingerprint density at radius 1 is 1.57 bits per heavy atom. The summed E-state index contributed by atoms with van der Waals surface area (Å²) in [5.74, 6) is 0.361. The summed E-state index contributed by atoms with van der Waals surface area (Å²) in [6.07, 6.45) is 0. The van der Waals surface area contributed by atoms with Crippen LogP contribution >= 0.6 is 11.3 Å². The monoisotopic (exact) mass is 116 g/mol. The van der Waals surface area contributed by atoms with Crippen LogP contribution in [-0.4, -0.2) is 5.11 Å². The summed E-state index contributed by atoms with van der Waals surface area (Å²) in [6.45, 7) is 0. The highest BCUT2D eigenvalue weighted by Gasteiger charge is 1.77. The topological polar surface area (TPSA) is 20.2 Å². The van der Waals surface area contributed by atoms with Crippen molar-refractivity contribution in [1.29, 1.82) is 0 Å². The van der Waals surface area contributed by atoms with E-state index in [1.165, 1.54) is 11.3 Å². The predicted molar refractivity (Wildman–Crippen MR) is 32.7 cm³/mol. The second-order valence-electron chi connectivity index (χ2n) is 0.982. The van der Waals surface area contributed by atoms with Crippen molar-refractivity contribution >= 4 is 11.3 Å². The minimum atomic E-state index is 0. The van der Waals surface area contributed by atoms with E-state index in [4.69, 9.17) is 5.11 Å². The highest BCUT2D eigenvalue weighted by Crippen LogP contribution is 2.10. The summed E-state index contributed by atoms with van der Waals surface area (Å²) >= 11 is 1.49. The molecule has 0 fully saturated rings. The van der Waals surface area contributed by atoms with Gasteiger partial charge in [-0.05, 0) is 11.4 Å². The number of hydrogen-bond acceptors (Lipinski definition) is 2. The molecule has 1 aromatic heterocycles. The molecule has 1 heterocycles. The van der Waals surface area contributed by atoms with Crippen molar-refractivity contribution in [2.45, 2.75) is 7.43 Å². The van der Waals surface area contributed by atoms with Crippen LogP contribution in [0.4, 0.5) is 0 Å². The number of hydrogen-bond donors (Lipinski definition) is 1. The van der Waals surface area contributed by atoms with Gasteiger partial charge in [-0.15, -0.1) is 11.3 Å². The Morgan fingerprint density at radius 2 is 2.29 bits per heavy atom. The molecule has 0 saturated carbocycles. The molecule has 0 unspecified atom stereocenters. The SMILES string of the molecule is C.Oc1ccsc1. The standard InChI is InChI=1S/C4H4OS.CH4/c5-4-1-2-6-3-4;/h1-3,5H;1H4. The summed E-state index contributed by atoms with van der Waals surface area (Å²) in [4.78, 5) is 0. The molecular formula is C5H8OS. The van der Waals surface area contributed by atoms with Crippen LogP contribution in [0.5, 0.6) is 5.75 Å². The molecule has 0 saturated heterocycles. The molecule has 0 aliphatic heterocycles. The second-order valence-corrected chi connectivity index (χ2v) is 1.76. The maximum Gasteiger partial charge on any atom is 0.126 e. The lowest BCUT2D eigenvalue weighted by Crippen LogP contribution is -1.39. The molecule has 2 heteroatoms. The maximum atomic E-state index is 8.48. The lowest BCUT2D eigenvalue weighted by atomic mass is 10.6. The zero-order valence-corrected chi connectivity index (χ0v) is 3.90. The molecule has 1 rings (SSSR count). The van der Waals surface area contributed by atoms with Gasteiger partial charge in [0.1, 0.15) is 5.75 Å². The van der Waals surface area contributed by atoms with Crippen LogP contribution in [0, 0.1) is 0 Å². The number of thiophene rings is 1. The van der Waals surface area contributed by atoms with E-state index in [0.29, 0.717) is 5.75 Å². The molecule has 0 bridgehead atoms. The maximum absolute atomic E-state index is 8.48. The number of rotatable bonds is 0. The predicted octanol–water partition coefficient (Wildman–Crippen LogP) is 2.09. The second kappa shape index (κ2) is 2.64. The van der Waals surface area contributed by atoms with E-state index in [2.05, 4.69) is 0 Å². The van der Waals surface area contributed by atoms with Crippen molar-refractivity contribution in [3.8, 4) is 5.75 Å². The van der Waals surface area contributed by atoms with Crippen molar-refractivity contribution < 1.29 is 5.11 Å². The van der Waals surface area contributed by atoms with Gasteiger partial charge in [-0.3, -0.25) is 0 Å². The van der Waals surface area contributed by atoms with E-state index in [0.717, 1.165) is 0 Å². The van der Waals surface area contributed by atoms with Gasteiger partial charge >= 0.3 is 0 Å². The first-order chi connectivity index (χ1) is 2.89. The zero-order chi connectivity index (χ0) is 4.41. The van der Waals surface area contributed by atoms with Gasteiger partial charge in [0, 0.05) is 5.38 Å². The van der Waals surface area contributed by atoms with Crippen LogP contribution in [-0.2, 0) is 0 Å². The van der Waals surface area contributed by atoms with Gasteiger partial charge in [-0.2, -0.15) is 0 Å². The summed E-state index contributed by atoms with van der Waals surface area (Å²) in [7, 11) is 0. The summed E-state index contributed by atoms with van der Waals surface area (Å²) in [6, 6.07) is 1.66. The first-order valence-corrected chi connectivity index (χ1v) is 2.55. The Kier molecular flexibility index (Phi) is 2.45. The first kappa shape index (κ1) is 6.50. The molecule has 0 aliphatic rings. The highest BCUT2D eigenvalue weighted by molar-refractivity contribution is 7.08. The van der Waals surface area contributed by atoms with E-state index in [1.54, 1.807) is 11.4 Å². The molecule has 0 aromatic carbocycles. The van der Waals surface area contributed by atoms with E-state index in [-0.39, 0.29) is 7.43 Å². The normalized spacial score (nSPS) is 7.43. The molecular weight excluding hydrogens is 108 g/mol.